The molecule has 2 aliphatic rings. The van der Waals surface area contributed by atoms with Gasteiger partial charge in [0, 0.05) is 23.4 Å². The molecule has 1 atom stereocenters. The summed E-state index contributed by atoms with van der Waals surface area (Å²) in [5.74, 6) is 1.45. The van der Waals surface area contributed by atoms with Gasteiger partial charge in [0.05, 0.1) is 6.61 Å². The molecule has 0 aromatic heterocycles. The molecule has 0 bridgehead atoms. The quantitative estimate of drug-likeness (QED) is 0.664. The topological polar surface area (TPSA) is 61.4 Å². The molecular weight excluding hydrogens is 284 g/mol. The standard InChI is InChI=1S/C15H22N4O3/c1-17(2)7-6-16-15-18(20)12-10-14-11(5-4-8-22-14)9-13(12)19(15)21-3/h9-10,20H,4-8H2,1-3H3/p+2. The Balaban J connectivity index is 1.90. The summed E-state index contributed by atoms with van der Waals surface area (Å²) < 4.78 is 7.34. The molecule has 120 valence electrons. The second kappa shape index (κ2) is 6.12. The lowest BCUT2D eigenvalue weighted by Gasteiger charge is -2.16. The number of fused-ring (bicyclic) bond motifs is 2. The molecule has 2 heterocycles. The van der Waals surface area contributed by atoms with Crippen molar-refractivity contribution in [2.75, 3.05) is 40.9 Å². The molecule has 0 saturated carbocycles. The maximum atomic E-state index is 10.5. The predicted octanol–water partition coefficient (Wildman–Crippen LogP) is -0.357. The number of quaternary nitrogens is 1. The summed E-state index contributed by atoms with van der Waals surface area (Å²) in [6.07, 6.45) is 2.01. The Labute approximate surface area is 130 Å². The SMILES string of the molecule is CO[N+]1=C(NCCN(C)C)[NH+](O)c2cc3c(cc21)CCCO3. The Kier molecular flexibility index (Phi) is 4.19. The van der Waals surface area contributed by atoms with Crippen LogP contribution in [-0.2, 0) is 11.3 Å². The highest BCUT2D eigenvalue weighted by Gasteiger charge is 2.44. The Morgan fingerprint density at radius 1 is 1.45 bits per heavy atom. The van der Waals surface area contributed by atoms with Crippen molar-refractivity contribution in [1.82, 2.24) is 10.2 Å². The third-order valence-electron chi connectivity index (χ3n) is 3.96. The summed E-state index contributed by atoms with van der Waals surface area (Å²) in [7, 11) is 5.63. The fourth-order valence-corrected chi connectivity index (χ4v) is 2.83. The summed E-state index contributed by atoms with van der Waals surface area (Å²) in [5, 5.41) is 14.0. The van der Waals surface area contributed by atoms with Crippen LogP contribution in [0.3, 0.4) is 0 Å². The van der Waals surface area contributed by atoms with Crippen molar-refractivity contribution in [3.63, 3.8) is 0 Å². The van der Waals surface area contributed by atoms with E-state index in [9.17, 15) is 5.21 Å². The van der Waals surface area contributed by atoms with Gasteiger partial charge in [-0.15, -0.1) is 0 Å². The van der Waals surface area contributed by atoms with Crippen LogP contribution in [0.15, 0.2) is 12.1 Å². The molecule has 0 spiro atoms. The minimum atomic E-state index is 0.201. The van der Waals surface area contributed by atoms with Crippen LogP contribution in [0, 0.1) is 0 Å². The van der Waals surface area contributed by atoms with Gasteiger partial charge in [-0.1, -0.05) is 5.06 Å². The van der Waals surface area contributed by atoms with Gasteiger partial charge in [-0.2, -0.15) is 0 Å². The molecule has 0 fully saturated rings. The number of guanidine groups is 1. The number of likely N-dealkylation sites (N-methyl/N-ethyl adjacent to an activating group) is 1. The number of nitrogens with one attached hydrogen (secondary N) is 2. The van der Waals surface area contributed by atoms with E-state index >= 15 is 0 Å². The van der Waals surface area contributed by atoms with Crippen LogP contribution in [0.2, 0.25) is 0 Å². The Bertz CT molecular complexity index is 601. The van der Waals surface area contributed by atoms with Gasteiger partial charge < -0.3 is 14.5 Å². The molecule has 22 heavy (non-hydrogen) atoms. The lowest BCUT2D eigenvalue weighted by molar-refractivity contribution is -0.968. The van der Waals surface area contributed by atoms with E-state index in [1.165, 1.54) is 0 Å². The first-order chi connectivity index (χ1) is 10.6. The fourth-order valence-electron chi connectivity index (χ4n) is 2.83. The van der Waals surface area contributed by atoms with Crippen molar-refractivity contribution < 1.29 is 24.6 Å². The molecular formula is C15H24N4O3+2. The van der Waals surface area contributed by atoms with Crippen LogP contribution >= 0.6 is 0 Å². The molecule has 0 saturated heterocycles. The number of nitrogens with zero attached hydrogens (tertiary/aromatic N) is 2. The van der Waals surface area contributed by atoms with E-state index < -0.39 is 0 Å². The van der Waals surface area contributed by atoms with E-state index in [2.05, 4.69) is 10.2 Å². The minimum Gasteiger partial charge on any atom is -0.493 e. The molecule has 7 nitrogen and oxygen atoms in total. The van der Waals surface area contributed by atoms with E-state index in [1.54, 1.807) is 11.8 Å². The first-order valence-electron chi connectivity index (χ1n) is 7.58. The molecule has 1 aromatic carbocycles. The number of hydroxylamine groups is 1. The van der Waals surface area contributed by atoms with Crippen molar-refractivity contribution in [3.05, 3.63) is 17.7 Å². The van der Waals surface area contributed by atoms with Crippen LogP contribution in [0.25, 0.3) is 0 Å². The number of hydrogen-bond acceptors (Lipinski definition) is 5. The monoisotopic (exact) mass is 308 g/mol. The first-order valence-corrected chi connectivity index (χ1v) is 7.58. The van der Waals surface area contributed by atoms with Crippen LogP contribution in [0.5, 0.6) is 5.75 Å². The van der Waals surface area contributed by atoms with Crippen LogP contribution in [-0.4, -0.2) is 61.7 Å². The summed E-state index contributed by atoms with van der Waals surface area (Å²) in [4.78, 5) is 7.55. The van der Waals surface area contributed by atoms with Gasteiger partial charge in [0.2, 0.25) is 11.4 Å². The molecule has 7 heteroatoms. The van der Waals surface area contributed by atoms with E-state index in [0.717, 1.165) is 55.2 Å². The number of ether oxygens (including phenoxy) is 1. The molecule has 1 unspecified atom stereocenters. The number of benzene rings is 1. The van der Waals surface area contributed by atoms with Crippen molar-refractivity contribution >= 4 is 17.3 Å². The summed E-state index contributed by atoms with van der Waals surface area (Å²) in [5.41, 5.74) is 2.76. The summed E-state index contributed by atoms with van der Waals surface area (Å²) in [6.45, 7) is 2.32. The summed E-state index contributed by atoms with van der Waals surface area (Å²) >= 11 is 0. The normalized spacial score (nSPS) is 19.8. The zero-order valence-corrected chi connectivity index (χ0v) is 13.3. The largest absolute Gasteiger partial charge is 0.525 e. The Morgan fingerprint density at radius 3 is 3.00 bits per heavy atom. The molecule has 3 N–H and O–H groups in total. The van der Waals surface area contributed by atoms with E-state index in [4.69, 9.17) is 9.57 Å². The molecule has 3 rings (SSSR count). The maximum Gasteiger partial charge on any atom is 0.525 e. The van der Waals surface area contributed by atoms with Crippen LogP contribution < -0.4 is 15.1 Å². The molecule has 2 aliphatic heterocycles. The smallest absolute Gasteiger partial charge is 0.493 e. The Morgan fingerprint density at radius 2 is 2.27 bits per heavy atom. The van der Waals surface area contributed by atoms with Gasteiger partial charge in [0.1, 0.15) is 19.4 Å². The average molecular weight is 308 g/mol. The highest BCUT2D eigenvalue weighted by Crippen LogP contribution is 2.35. The third kappa shape index (κ3) is 2.63. The lowest BCUT2D eigenvalue weighted by atomic mass is 10.0. The van der Waals surface area contributed by atoms with Crippen LogP contribution in [0.1, 0.15) is 12.0 Å². The summed E-state index contributed by atoms with van der Waals surface area (Å²) in [6, 6.07) is 3.95. The minimum absolute atomic E-state index is 0.201. The number of rotatable bonds is 4. The first kappa shape index (κ1) is 15.1. The van der Waals surface area contributed by atoms with Crippen molar-refractivity contribution in [3.8, 4) is 5.75 Å². The molecule has 0 radical (unpaired) electrons. The lowest BCUT2D eigenvalue weighted by Crippen LogP contribution is -3.09. The molecule has 0 aliphatic carbocycles. The third-order valence-corrected chi connectivity index (χ3v) is 3.96. The van der Waals surface area contributed by atoms with E-state index in [-0.39, 0.29) is 5.06 Å². The highest BCUT2D eigenvalue weighted by molar-refractivity contribution is 5.76. The predicted molar refractivity (Wildman–Crippen MR) is 81.2 cm³/mol. The van der Waals surface area contributed by atoms with Gasteiger partial charge >= 0.3 is 5.96 Å². The van der Waals surface area contributed by atoms with Gasteiger partial charge in [0.25, 0.3) is 0 Å². The zero-order valence-electron chi connectivity index (χ0n) is 13.3. The van der Waals surface area contributed by atoms with Crippen LogP contribution in [0.4, 0.5) is 11.4 Å². The van der Waals surface area contributed by atoms with Crippen molar-refractivity contribution in [2.45, 2.75) is 12.8 Å². The zero-order chi connectivity index (χ0) is 15.7. The van der Waals surface area contributed by atoms with E-state index in [0.29, 0.717) is 5.96 Å². The molecule has 1 aromatic rings. The maximum absolute atomic E-state index is 10.5. The fraction of sp³-hybridized carbons (Fsp3) is 0.533. The van der Waals surface area contributed by atoms with Gasteiger partial charge in [-0.05, 0) is 32.5 Å². The highest BCUT2D eigenvalue weighted by atomic mass is 16.7. The van der Waals surface area contributed by atoms with Gasteiger partial charge in [-0.3, -0.25) is 0 Å². The van der Waals surface area contributed by atoms with Crippen molar-refractivity contribution in [2.24, 2.45) is 0 Å². The van der Waals surface area contributed by atoms with Gasteiger partial charge in [0.15, 0.2) is 0 Å². The van der Waals surface area contributed by atoms with E-state index in [1.807, 2.05) is 26.2 Å². The van der Waals surface area contributed by atoms with Gasteiger partial charge in [-0.25, -0.2) is 10.5 Å². The van der Waals surface area contributed by atoms with Crippen molar-refractivity contribution in [1.29, 1.82) is 0 Å². The number of aryl methyl sites for hydroxylation is 1. The second-order valence-electron chi connectivity index (χ2n) is 5.83. The number of hydrogen-bond donors (Lipinski definition) is 3. The average Bonchev–Trinajstić information content (AvgIpc) is 2.77. The second-order valence-corrected chi connectivity index (χ2v) is 5.83. The molecule has 0 amide bonds. The Hall–Kier alpha value is -1.83.